The van der Waals surface area contributed by atoms with Gasteiger partial charge in [-0.3, -0.25) is 14.1 Å². The van der Waals surface area contributed by atoms with Crippen molar-refractivity contribution in [2.45, 2.75) is 83.6 Å². The second kappa shape index (κ2) is 12.2. The van der Waals surface area contributed by atoms with Crippen LogP contribution < -0.4 is 16.4 Å². The highest BCUT2D eigenvalue weighted by Crippen LogP contribution is 2.59. The van der Waals surface area contributed by atoms with E-state index >= 15 is 0 Å². The first-order chi connectivity index (χ1) is 20.7. The standard InChI is InChI=1S/C31H40N6O6S/c1-6-16-29(5,17-7-2)30(8-3,9-4)31(32)24(38)20-15-14-19(18-21(20)25(31)39)33-26-35-27(37-28(40)36-26)34-22-12-10-11-13-23(22)44(41,42)43/h10-15,18H,6-9,16-17,32H2,1-5H3,(H,41,42,43)(H3,33,34,35,36,37,40). The first kappa shape index (κ1) is 33.0. The van der Waals surface area contributed by atoms with Crippen molar-refractivity contribution in [3.63, 3.8) is 0 Å². The van der Waals surface area contributed by atoms with Crippen molar-refractivity contribution in [3.8, 4) is 6.01 Å². The lowest BCUT2D eigenvalue weighted by Gasteiger charge is -2.55. The molecule has 1 aromatic heterocycles. The largest absolute Gasteiger partial charge is 0.479 e. The summed E-state index contributed by atoms with van der Waals surface area (Å²) in [5.41, 5.74) is 4.98. The molecule has 6 N–H and O–H groups in total. The number of nitrogens with one attached hydrogen (secondary N) is 2. The highest BCUT2D eigenvalue weighted by atomic mass is 32.2. The van der Waals surface area contributed by atoms with Gasteiger partial charge < -0.3 is 21.5 Å². The van der Waals surface area contributed by atoms with Gasteiger partial charge in [-0.2, -0.15) is 23.4 Å². The maximum atomic E-state index is 14.2. The van der Waals surface area contributed by atoms with E-state index in [9.17, 15) is 27.7 Å². The number of carbonyl (C=O) groups is 2. The van der Waals surface area contributed by atoms with Crippen molar-refractivity contribution in [3.05, 3.63) is 53.6 Å². The fraction of sp³-hybridized carbons (Fsp3) is 0.452. The Kier molecular flexibility index (Phi) is 9.15. The Morgan fingerprint density at radius 2 is 1.43 bits per heavy atom. The molecule has 44 heavy (non-hydrogen) atoms. The Morgan fingerprint density at radius 1 is 0.864 bits per heavy atom. The lowest BCUT2D eigenvalue weighted by Crippen LogP contribution is -2.68. The summed E-state index contributed by atoms with van der Waals surface area (Å²) in [6.07, 6.45) is 4.59. The molecule has 0 aliphatic heterocycles. The molecule has 13 heteroatoms. The molecule has 1 unspecified atom stereocenters. The van der Waals surface area contributed by atoms with Gasteiger partial charge in [0, 0.05) is 22.2 Å². The number of anilines is 4. The van der Waals surface area contributed by atoms with Crippen LogP contribution in [0.2, 0.25) is 0 Å². The Hall–Kier alpha value is -3.94. The smallest absolute Gasteiger partial charge is 0.320 e. The molecule has 0 saturated carbocycles. The van der Waals surface area contributed by atoms with Gasteiger partial charge in [0.05, 0.1) is 5.69 Å². The molecule has 0 spiro atoms. The summed E-state index contributed by atoms with van der Waals surface area (Å²) in [6, 6.07) is 9.55. The lowest BCUT2D eigenvalue weighted by atomic mass is 9.48. The first-order valence-corrected chi connectivity index (χ1v) is 16.2. The molecule has 0 amide bonds. The molecule has 0 radical (unpaired) electrons. The summed E-state index contributed by atoms with van der Waals surface area (Å²) in [4.78, 5) is 39.8. The number of hydrogen-bond donors (Lipinski definition) is 5. The fourth-order valence-electron chi connectivity index (χ4n) is 7.34. The minimum atomic E-state index is -4.56. The number of carbonyl (C=O) groups excluding carboxylic acids is 2. The molecule has 0 fully saturated rings. The molecule has 1 aliphatic rings. The van der Waals surface area contributed by atoms with E-state index < -0.39 is 37.8 Å². The summed E-state index contributed by atoms with van der Waals surface area (Å²) >= 11 is 0. The zero-order chi connectivity index (χ0) is 32.5. The normalized spacial score (nSPS) is 17.1. The number of aromatic nitrogens is 3. The van der Waals surface area contributed by atoms with Crippen LogP contribution in [0.15, 0.2) is 47.4 Å². The van der Waals surface area contributed by atoms with Crippen LogP contribution in [0, 0.1) is 10.8 Å². The van der Waals surface area contributed by atoms with Crippen molar-refractivity contribution in [2.75, 3.05) is 10.6 Å². The fourth-order valence-corrected chi connectivity index (χ4v) is 7.98. The molecule has 1 heterocycles. The van der Waals surface area contributed by atoms with Crippen molar-refractivity contribution in [2.24, 2.45) is 16.6 Å². The molecule has 0 bridgehead atoms. The molecule has 3 aromatic rings. The lowest BCUT2D eigenvalue weighted by molar-refractivity contribution is -0.0291. The minimum absolute atomic E-state index is 0.0269. The van der Waals surface area contributed by atoms with E-state index in [4.69, 9.17) is 5.73 Å². The van der Waals surface area contributed by atoms with Gasteiger partial charge in [-0.25, -0.2) is 0 Å². The van der Waals surface area contributed by atoms with Crippen LogP contribution in [-0.4, -0.2) is 50.1 Å². The maximum Gasteiger partial charge on any atom is 0.320 e. The van der Waals surface area contributed by atoms with Gasteiger partial charge in [-0.15, -0.1) is 0 Å². The molecule has 2 aromatic carbocycles. The van der Waals surface area contributed by atoms with E-state index in [1.54, 1.807) is 12.1 Å². The van der Waals surface area contributed by atoms with Crippen LogP contribution in [0.5, 0.6) is 6.01 Å². The maximum absolute atomic E-state index is 14.2. The second-order valence-electron chi connectivity index (χ2n) is 11.6. The quantitative estimate of drug-likeness (QED) is 0.113. The van der Waals surface area contributed by atoms with Crippen LogP contribution in [0.3, 0.4) is 0 Å². The van der Waals surface area contributed by atoms with Crippen molar-refractivity contribution >= 4 is 45.0 Å². The Bertz CT molecular complexity index is 1680. The van der Waals surface area contributed by atoms with E-state index in [0.717, 1.165) is 25.7 Å². The third-order valence-corrected chi connectivity index (χ3v) is 10.1. The average molecular weight is 625 g/mol. The Balaban J connectivity index is 1.70. The highest BCUT2D eigenvalue weighted by Gasteiger charge is 2.66. The number of nitrogens with two attached hydrogens (primary N) is 1. The molecular formula is C31H40N6O6S. The number of fused-ring (bicyclic) bond motifs is 1. The highest BCUT2D eigenvalue weighted by molar-refractivity contribution is 7.86. The Labute approximate surface area is 257 Å². The number of ketones is 2. The molecule has 236 valence electrons. The predicted octanol–water partition coefficient (Wildman–Crippen LogP) is 5.80. The van der Waals surface area contributed by atoms with E-state index in [-0.39, 0.29) is 39.9 Å². The third kappa shape index (κ3) is 5.44. The van der Waals surface area contributed by atoms with Crippen molar-refractivity contribution in [1.82, 2.24) is 15.0 Å². The SMILES string of the molecule is CCCC(C)(CCC)C(CC)(CC)C1(N)C(=O)c2ccc(Nc3nc(O)nc(Nc4ccccc4S(=O)(=O)O)n3)cc2C1=O. The minimum Gasteiger partial charge on any atom is -0.479 e. The van der Waals surface area contributed by atoms with Crippen molar-refractivity contribution in [1.29, 1.82) is 0 Å². The summed E-state index contributed by atoms with van der Waals surface area (Å²) in [5, 5.41) is 15.7. The summed E-state index contributed by atoms with van der Waals surface area (Å²) < 4.78 is 33.1. The summed E-state index contributed by atoms with van der Waals surface area (Å²) in [7, 11) is -4.56. The zero-order valence-electron chi connectivity index (χ0n) is 25.6. The van der Waals surface area contributed by atoms with Gasteiger partial charge in [0.15, 0.2) is 11.6 Å². The monoisotopic (exact) mass is 624 g/mol. The Morgan fingerprint density at radius 3 is 2.00 bits per heavy atom. The predicted molar refractivity (Wildman–Crippen MR) is 167 cm³/mol. The summed E-state index contributed by atoms with van der Waals surface area (Å²) in [5.74, 6) is -1.15. The van der Waals surface area contributed by atoms with Crippen LogP contribution >= 0.6 is 0 Å². The van der Waals surface area contributed by atoms with Gasteiger partial charge in [0.25, 0.3) is 10.1 Å². The van der Waals surface area contributed by atoms with E-state index in [1.807, 2.05) is 13.8 Å². The molecule has 4 rings (SSSR count). The van der Waals surface area contributed by atoms with Crippen LogP contribution in [0.25, 0.3) is 0 Å². The molecule has 0 saturated heterocycles. The van der Waals surface area contributed by atoms with Gasteiger partial charge in [-0.05, 0) is 61.4 Å². The number of aromatic hydroxyl groups is 1. The number of nitrogens with zero attached hydrogens (tertiary/aromatic N) is 3. The number of benzene rings is 2. The van der Waals surface area contributed by atoms with Gasteiger partial charge in [0.1, 0.15) is 10.4 Å². The van der Waals surface area contributed by atoms with Crippen molar-refractivity contribution < 1.29 is 27.7 Å². The zero-order valence-corrected chi connectivity index (χ0v) is 26.5. The first-order valence-electron chi connectivity index (χ1n) is 14.8. The molecule has 1 aliphatic carbocycles. The number of para-hydroxylation sites is 1. The van der Waals surface area contributed by atoms with Gasteiger partial charge in [0.2, 0.25) is 11.9 Å². The summed E-state index contributed by atoms with van der Waals surface area (Å²) in [6.45, 7) is 10.4. The van der Waals surface area contributed by atoms with Crippen LogP contribution in [-0.2, 0) is 10.1 Å². The van der Waals surface area contributed by atoms with Crippen LogP contribution in [0.1, 0.15) is 93.9 Å². The third-order valence-electron chi connectivity index (χ3n) is 9.24. The molecule has 1 atom stereocenters. The number of rotatable bonds is 13. The number of hydrogen-bond acceptors (Lipinski definition) is 11. The molecule has 12 nitrogen and oxygen atoms in total. The van der Waals surface area contributed by atoms with E-state index in [0.29, 0.717) is 18.5 Å². The topological polar surface area (TPSA) is 197 Å². The van der Waals surface area contributed by atoms with Gasteiger partial charge >= 0.3 is 6.01 Å². The second-order valence-corrected chi connectivity index (χ2v) is 13.0. The van der Waals surface area contributed by atoms with E-state index in [2.05, 4.69) is 46.4 Å². The average Bonchev–Trinajstić information content (AvgIpc) is 3.15. The molecular weight excluding hydrogens is 584 g/mol. The van der Waals surface area contributed by atoms with E-state index in [1.165, 1.54) is 30.3 Å². The number of Topliss-reactive ketones (excluding diaryl/α,β-unsaturated/α-hetero) is 2. The van der Waals surface area contributed by atoms with Crippen LogP contribution in [0.4, 0.5) is 23.3 Å². The van der Waals surface area contributed by atoms with Gasteiger partial charge in [-0.1, -0.05) is 59.6 Å².